The predicted octanol–water partition coefficient (Wildman–Crippen LogP) is 2.48. The van der Waals surface area contributed by atoms with E-state index in [1.165, 1.54) is 5.69 Å². The highest BCUT2D eigenvalue weighted by molar-refractivity contribution is 5.95. The lowest BCUT2D eigenvalue weighted by atomic mass is 10.2. The molecule has 1 aliphatic heterocycles. The van der Waals surface area contributed by atoms with E-state index < -0.39 is 5.97 Å². The molecule has 9 nitrogen and oxygen atoms in total. The molecule has 0 aliphatic carbocycles. The number of likely N-dealkylation sites (N-methyl/N-ethyl adjacent to an activating group) is 1. The molecule has 2 heterocycles. The van der Waals surface area contributed by atoms with Crippen LogP contribution in [-0.4, -0.2) is 85.4 Å². The maximum absolute atomic E-state index is 12.3. The lowest BCUT2D eigenvalue weighted by Gasteiger charge is -2.36. The summed E-state index contributed by atoms with van der Waals surface area (Å²) in [6.45, 7) is 10.5. The first-order valence-electron chi connectivity index (χ1n) is 12.2. The lowest BCUT2D eigenvalue weighted by molar-refractivity contribution is -0.124. The van der Waals surface area contributed by atoms with Crippen molar-refractivity contribution >= 4 is 28.6 Å². The summed E-state index contributed by atoms with van der Waals surface area (Å²) in [6, 6.07) is 13.7. The molecule has 0 saturated carbocycles. The first kappa shape index (κ1) is 24.7. The van der Waals surface area contributed by atoms with Crippen molar-refractivity contribution in [2.75, 3.05) is 64.0 Å². The van der Waals surface area contributed by atoms with Crippen LogP contribution >= 0.6 is 0 Å². The first-order chi connectivity index (χ1) is 17.1. The van der Waals surface area contributed by atoms with Gasteiger partial charge in [0.2, 0.25) is 0 Å². The number of nitrogens with zero attached hydrogens (tertiary/aromatic N) is 4. The lowest BCUT2D eigenvalue weighted by Crippen LogP contribution is -2.47. The van der Waals surface area contributed by atoms with Crippen LogP contribution in [0.3, 0.4) is 0 Å². The number of imidazole rings is 1. The molecule has 1 amide bonds. The van der Waals surface area contributed by atoms with E-state index in [9.17, 15) is 9.59 Å². The molecule has 0 spiro atoms. The maximum atomic E-state index is 12.3. The zero-order chi connectivity index (χ0) is 24.6. The Morgan fingerprint density at radius 3 is 2.60 bits per heavy atom. The average molecular weight is 480 g/mol. The fraction of sp³-hybridized carbons (Fsp3) is 0.423. The van der Waals surface area contributed by atoms with Gasteiger partial charge in [0.15, 0.2) is 6.61 Å². The number of nitrogens with one attached hydrogen (secondary N) is 1. The summed E-state index contributed by atoms with van der Waals surface area (Å²) in [6.07, 6.45) is 1.76. The number of ether oxygens (including phenoxy) is 2. The van der Waals surface area contributed by atoms with E-state index in [-0.39, 0.29) is 12.5 Å². The molecule has 2 aromatic carbocycles. The normalized spacial score (nSPS) is 14.3. The van der Waals surface area contributed by atoms with Crippen LogP contribution in [0.5, 0.6) is 0 Å². The predicted molar refractivity (Wildman–Crippen MR) is 135 cm³/mol. The minimum atomic E-state index is -0.546. The highest BCUT2D eigenvalue weighted by Crippen LogP contribution is 2.24. The number of piperazine rings is 1. The van der Waals surface area contributed by atoms with Gasteiger partial charge in [0.05, 0.1) is 23.2 Å². The number of carbonyl (C=O) groups excluding carboxylic acids is 2. The number of anilines is 1. The molecule has 1 aliphatic rings. The third-order valence-corrected chi connectivity index (χ3v) is 6.09. The van der Waals surface area contributed by atoms with E-state index in [4.69, 9.17) is 9.47 Å². The molecule has 1 saturated heterocycles. The fourth-order valence-corrected chi connectivity index (χ4v) is 4.22. The topological polar surface area (TPSA) is 88.9 Å². The van der Waals surface area contributed by atoms with E-state index in [0.717, 1.165) is 57.1 Å². The van der Waals surface area contributed by atoms with Crippen molar-refractivity contribution in [1.29, 1.82) is 0 Å². The maximum Gasteiger partial charge on any atom is 0.338 e. The Morgan fingerprint density at radius 1 is 1.03 bits per heavy atom. The van der Waals surface area contributed by atoms with Crippen molar-refractivity contribution in [3.05, 3.63) is 54.4 Å². The van der Waals surface area contributed by atoms with E-state index >= 15 is 0 Å². The molecule has 3 aromatic rings. The Bertz CT molecular complexity index is 1150. The van der Waals surface area contributed by atoms with Gasteiger partial charge in [0.1, 0.15) is 6.33 Å². The van der Waals surface area contributed by atoms with Gasteiger partial charge in [-0.1, -0.05) is 6.07 Å². The number of amides is 1. The third-order valence-electron chi connectivity index (χ3n) is 6.09. The van der Waals surface area contributed by atoms with Crippen LogP contribution in [0.4, 0.5) is 5.69 Å². The van der Waals surface area contributed by atoms with Gasteiger partial charge in [-0.15, -0.1) is 0 Å². The minimum absolute atomic E-state index is 0.299. The molecule has 186 valence electrons. The number of hydrogen-bond acceptors (Lipinski definition) is 7. The summed E-state index contributed by atoms with van der Waals surface area (Å²) in [5, 5.41) is 2.60. The quantitative estimate of drug-likeness (QED) is 0.353. The van der Waals surface area contributed by atoms with Crippen LogP contribution in [0.25, 0.3) is 16.7 Å². The minimum Gasteiger partial charge on any atom is -0.452 e. The van der Waals surface area contributed by atoms with Gasteiger partial charge in [0.25, 0.3) is 5.91 Å². The highest BCUT2D eigenvalue weighted by atomic mass is 16.5. The zero-order valence-electron chi connectivity index (χ0n) is 20.4. The molecule has 9 heteroatoms. The van der Waals surface area contributed by atoms with E-state index in [2.05, 4.69) is 44.4 Å². The van der Waals surface area contributed by atoms with Gasteiger partial charge >= 0.3 is 5.97 Å². The largest absolute Gasteiger partial charge is 0.452 e. The number of esters is 1. The monoisotopic (exact) mass is 479 g/mol. The molecular weight excluding hydrogens is 446 g/mol. The first-order valence-corrected chi connectivity index (χ1v) is 12.2. The Hall–Kier alpha value is -3.43. The van der Waals surface area contributed by atoms with Gasteiger partial charge in [-0.2, -0.15) is 0 Å². The molecule has 1 N–H and O–H groups in total. The second-order valence-electron chi connectivity index (χ2n) is 8.39. The van der Waals surface area contributed by atoms with Gasteiger partial charge < -0.3 is 19.7 Å². The molecule has 1 fully saturated rings. The van der Waals surface area contributed by atoms with E-state index in [1.54, 1.807) is 18.5 Å². The van der Waals surface area contributed by atoms with E-state index in [0.29, 0.717) is 17.6 Å². The Morgan fingerprint density at radius 2 is 1.83 bits per heavy atom. The van der Waals surface area contributed by atoms with Crippen molar-refractivity contribution in [2.45, 2.75) is 13.8 Å². The highest BCUT2D eigenvalue weighted by Gasteiger charge is 2.18. The number of hydrogen-bond donors (Lipinski definition) is 1. The van der Waals surface area contributed by atoms with Crippen LogP contribution in [0.2, 0.25) is 0 Å². The molecule has 4 rings (SSSR count). The smallest absolute Gasteiger partial charge is 0.338 e. The van der Waals surface area contributed by atoms with Crippen molar-refractivity contribution < 1.29 is 19.1 Å². The summed E-state index contributed by atoms with van der Waals surface area (Å²) < 4.78 is 12.6. The van der Waals surface area contributed by atoms with Crippen molar-refractivity contribution in [1.82, 2.24) is 19.8 Å². The molecule has 1 aromatic heterocycles. The van der Waals surface area contributed by atoms with Crippen LogP contribution in [0.1, 0.15) is 24.2 Å². The van der Waals surface area contributed by atoms with Crippen LogP contribution < -0.4 is 10.2 Å². The molecular formula is C26H33N5O4. The molecule has 0 atom stereocenters. The van der Waals surface area contributed by atoms with Gasteiger partial charge in [-0.3, -0.25) is 14.3 Å². The molecule has 0 bridgehead atoms. The zero-order valence-corrected chi connectivity index (χ0v) is 20.4. The van der Waals surface area contributed by atoms with Crippen LogP contribution in [-0.2, 0) is 14.3 Å². The summed E-state index contributed by atoms with van der Waals surface area (Å²) in [4.78, 5) is 33.2. The molecule has 35 heavy (non-hydrogen) atoms. The Kier molecular flexibility index (Phi) is 8.33. The molecule has 0 radical (unpaired) electrons. The SMILES string of the molecule is CCNC(=O)COC(=O)c1ccc2c(c1)ncn2-c1cccc(N2CCN(CCOCC)CC2)c1. The van der Waals surface area contributed by atoms with Crippen molar-refractivity contribution in [2.24, 2.45) is 0 Å². The number of fused-ring (bicyclic) bond motifs is 1. The number of aromatic nitrogens is 2. The Balaban J connectivity index is 1.43. The molecule has 0 unspecified atom stereocenters. The van der Waals surface area contributed by atoms with Crippen LogP contribution in [0, 0.1) is 0 Å². The van der Waals surface area contributed by atoms with Crippen molar-refractivity contribution in [3.8, 4) is 5.69 Å². The van der Waals surface area contributed by atoms with Gasteiger partial charge in [-0.05, 0) is 50.2 Å². The summed E-state index contributed by atoms with van der Waals surface area (Å²) in [5.74, 6) is -0.867. The second kappa shape index (κ2) is 11.8. The van der Waals surface area contributed by atoms with Crippen LogP contribution in [0.15, 0.2) is 48.8 Å². The number of benzene rings is 2. The Labute approximate surface area is 205 Å². The third kappa shape index (κ3) is 6.17. The van der Waals surface area contributed by atoms with E-state index in [1.807, 2.05) is 24.5 Å². The van der Waals surface area contributed by atoms with Gasteiger partial charge in [-0.25, -0.2) is 9.78 Å². The number of carbonyl (C=O) groups is 2. The summed E-state index contributed by atoms with van der Waals surface area (Å²) in [5.41, 5.74) is 4.13. The summed E-state index contributed by atoms with van der Waals surface area (Å²) >= 11 is 0. The fourth-order valence-electron chi connectivity index (χ4n) is 4.22. The second-order valence-corrected chi connectivity index (χ2v) is 8.39. The standard InChI is InChI=1S/C26H33N5O4/c1-3-27-25(32)18-35-26(33)20-8-9-24-23(16-20)28-19-31(24)22-7-5-6-21(17-22)30-12-10-29(11-13-30)14-15-34-4-2/h5-9,16-17,19H,3-4,10-15,18H2,1-2H3,(H,27,32). The average Bonchev–Trinajstić information content (AvgIpc) is 3.31. The number of rotatable bonds is 10. The van der Waals surface area contributed by atoms with Gasteiger partial charge in [0, 0.05) is 57.3 Å². The summed E-state index contributed by atoms with van der Waals surface area (Å²) in [7, 11) is 0. The van der Waals surface area contributed by atoms with Crippen molar-refractivity contribution in [3.63, 3.8) is 0 Å².